The molecule has 5 aromatic rings. The Balaban J connectivity index is 1.07. The zero-order valence-electron chi connectivity index (χ0n) is 38.0. The summed E-state index contributed by atoms with van der Waals surface area (Å²) in [6, 6.07) is 26.7. The van der Waals surface area contributed by atoms with Crippen molar-refractivity contribution >= 4 is 28.6 Å². The SMILES string of the molecule is CCCCc1ccc(Nc2cc(Oc3ccc(C4CCC(CCCC)CC4)cc3)c(O)c3c2C(=O)c2c(O)c(Oc4ccc(C5CCC(CCCC)CC5)cc4)cc(N)c2C3=O)cc1. The maximum Gasteiger partial charge on any atom is 0.200 e. The number of aromatic hydroxyl groups is 2. The molecule has 0 atom stereocenters. The van der Waals surface area contributed by atoms with E-state index in [2.05, 4.69) is 50.4 Å². The number of phenolic OH excluding ortho intramolecular Hbond substituents is 2. The molecule has 3 aliphatic carbocycles. The molecule has 64 heavy (non-hydrogen) atoms. The van der Waals surface area contributed by atoms with Crippen molar-refractivity contribution in [3.63, 3.8) is 0 Å². The number of hydrogen-bond donors (Lipinski definition) is 4. The number of benzene rings is 5. The van der Waals surface area contributed by atoms with Gasteiger partial charge in [-0.3, -0.25) is 9.59 Å². The molecule has 0 aromatic heterocycles. The molecule has 8 rings (SSSR count). The van der Waals surface area contributed by atoms with E-state index in [4.69, 9.17) is 15.2 Å². The van der Waals surface area contributed by atoms with Crippen LogP contribution in [0.5, 0.6) is 34.5 Å². The van der Waals surface area contributed by atoms with Crippen LogP contribution in [0.4, 0.5) is 17.1 Å². The van der Waals surface area contributed by atoms with Gasteiger partial charge in [-0.05, 0) is 141 Å². The summed E-state index contributed by atoms with van der Waals surface area (Å²) in [5.74, 6) is 1.20. The van der Waals surface area contributed by atoms with E-state index >= 15 is 0 Å². The Labute approximate surface area is 379 Å². The highest BCUT2D eigenvalue weighted by molar-refractivity contribution is 6.34. The van der Waals surface area contributed by atoms with Crippen molar-refractivity contribution in [2.24, 2.45) is 11.8 Å². The summed E-state index contributed by atoms with van der Waals surface area (Å²) in [6.07, 6.45) is 20.5. The molecule has 5 aromatic carbocycles. The lowest BCUT2D eigenvalue weighted by Gasteiger charge is -2.29. The molecule has 5 N–H and O–H groups in total. The third kappa shape index (κ3) is 9.81. The minimum atomic E-state index is -0.705. The maximum atomic E-state index is 14.8. The van der Waals surface area contributed by atoms with Gasteiger partial charge in [0.15, 0.2) is 23.0 Å². The molecule has 8 heteroatoms. The first-order valence-corrected chi connectivity index (χ1v) is 24.2. The Morgan fingerprint density at radius 3 is 1.50 bits per heavy atom. The largest absolute Gasteiger partial charge is 0.504 e. The molecule has 8 nitrogen and oxygen atoms in total. The first-order valence-electron chi connectivity index (χ1n) is 24.2. The van der Waals surface area contributed by atoms with Crippen molar-refractivity contribution in [3.8, 4) is 34.5 Å². The number of hydrogen-bond acceptors (Lipinski definition) is 8. The molecule has 0 spiro atoms. The molecule has 0 bridgehead atoms. The summed E-state index contributed by atoms with van der Waals surface area (Å²) in [5, 5.41) is 27.0. The van der Waals surface area contributed by atoms with E-state index < -0.39 is 23.1 Å². The van der Waals surface area contributed by atoms with Crippen LogP contribution in [-0.2, 0) is 6.42 Å². The molecule has 2 saturated carbocycles. The first-order chi connectivity index (χ1) is 31.1. The standard InChI is InChI=1S/C56H66N2O6/c1-4-7-10-35-13-19-38(20-14-35)40-23-29-43(30-24-40)63-47-33-45(57)49-51(53(47)59)56(62)50-46(58-42-27-17-37(18-28-42)12-9-6-3)34-48(54(60)52(50)55(49)61)64-44-31-25-41(26-32-44)39-21-15-36(16-22-39)11-8-5-2/h17-18,23-36,38-39,58-60H,4-16,19-22,57H2,1-3H3. The number of carbonyl (C=O) groups excluding carboxylic acids is 2. The van der Waals surface area contributed by atoms with Gasteiger partial charge in [-0.25, -0.2) is 0 Å². The quantitative estimate of drug-likeness (QED) is 0.0527. The first kappa shape index (κ1) is 44.8. The zero-order valence-corrected chi connectivity index (χ0v) is 38.0. The van der Waals surface area contributed by atoms with Crippen molar-refractivity contribution < 1.29 is 29.3 Å². The number of nitrogens with one attached hydrogen (secondary N) is 1. The Morgan fingerprint density at radius 2 is 1.02 bits per heavy atom. The van der Waals surface area contributed by atoms with Gasteiger partial charge in [0.25, 0.3) is 0 Å². The third-order valence-electron chi connectivity index (χ3n) is 14.3. The van der Waals surface area contributed by atoms with Gasteiger partial charge in [0.2, 0.25) is 11.6 Å². The van der Waals surface area contributed by atoms with Crippen LogP contribution in [0.25, 0.3) is 0 Å². The molecular formula is C56H66N2O6. The molecule has 0 heterocycles. The van der Waals surface area contributed by atoms with E-state index in [1.807, 2.05) is 48.5 Å². The van der Waals surface area contributed by atoms with E-state index in [1.54, 1.807) is 6.07 Å². The average molecular weight is 863 g/mol. The number of rotatable bonds is 17. The van der Waals surface area contributed by atoms with E-state index in [0.29, 0.717) is 29.0 Å². The number of phenols is 2. The van der Waals surface area contributed by atoms with Crippen molar-refractivity contribution in [3.05, 3.63) is 124 Å². The van der Waals surface area contributed by atoms with Crippen molar-refractivity contribution in [2.45, 2.75) is 142 Å². The van der Waals surface area contributed by atoms with Crippen molar-refractivity contribution in [2.75, 3.05) is 11.1 Å². The van der Waals surface area contributed by atoms with Crippen LogP contribution in [-0.4, -0.2) is 21.8 Å². The highest BCUT2D eigenvalue weighted by atomic mass is 16.5. The Morgan fingerprint density at radius 1 is 0.562 bits per heavy atom. The number of nitrogens with two attached hydrogens (primary N) is 1. The van der Waals surface area contributed by atoms with Gasteiger partial charge in [0.1, 0.15) is 11.5 Å². The van der Waals surface area contributed by atoms with Gasteiger partial charge in [-0.2, -0.15) is 0 Å². The number of fused-ring (bicyclic) bond motifs is 2. The van der Waals surface area contributed by atoms with Crippen LogP contribution in [0.3, 0.4) is 0 Å². The van der Waals surface area contributed by atoms with Crippen LogP contribution < -0.4 is 20.5 Å². The fraction of sp³-hybridized carbons (Fsp3) is 0.429. The second-order valence-electron chi connectivity index (χ2n) is 18.7. The third-order valence-corrected chi connectivity index (χ3v) is 14.3. The normalized spacial score (nSPS) is 19.5. The number of unbranched alkanes of at least 4 members (excludes halogenated alkanes) is 3. The van der Waals surface area contributed by atoms with Crippen LogP contribution >= 0.6 is 0 Å². The summed E-state index contributed by atoms with van der Waals surface area (Å²) in [6.45, 7) is 6.67. The van der Waals surface area contributed by atoms with Crippen LogP contribution in [0.15, 0.2) is 84.9 Å². The van der Waals surface area contributed by atoms with Crippen LogP contribution in [0, 0.1) is 11.8 Å². The monoisotopic (exact) mass is 862 g/mol. The molecule has 0 saturated heterocycles. The summed E-state index contributed by atoms with van der Waals surface area (Å²) in [5.41, 5.74) is 10.3. The average Bonchev–Trinajstić information content (AvgIpc) is 3.32. The predicted molar refractivity (Wildman–Crippen MR) is 257 cm³/mol. The summed E-state index contributed by atoms with van der Waals surface area (Å²) < 4.78 is 12.5. The predicted octanol–water partition coefficient (Wildman–Crippen LogP) is 15.1. The second-order valence-corrected chi connectivity index (χ2v) is 18.7. The lowest BCUT2D eigenvalue weighted by Crippen LogP contribution is -2.24. The summed E-state index contributed by atoms with van der Waals surface area (Å²) >= 11 is 0. The Bertz CT molecular complexity index is 2410. The zero-order chi connectivity index (χ0) is 44.7. The van der Waals surface area contributed by atoms with Crippen molar-refractivity contribution in [1.82, 2.24) is 0 Å². The molecule has 2 fully saturated rings. The van der Waals surface area contributed by atoms with E-state index in [0.717, 1.165) is 31.1 Å². The van der Waals surface area contributed by atoms with E-state index in [1.165, 1.54) is 113 Å². The molecule has 0 unspecified atom stereocenters. The number of carbonyl (C=O) groups is 2. The number of nitrogen functional groups attached to an aromatic ring is 1. The maximum absolute atomic E-state index is 14.8. The van der Waals surface area contributed by atoms with Gasteiger partial charge in [0, 0.05) is 23.5 Å². The molecular weight excluding hydrogens is 797 g/mol. The van der Waals surface area contributed by atoms with E-state index in [9.17, 15) is 19.8 Å². The summed E-state index contributed by atoms with van der Waals surface area (Å²) in [7, 11) is 0. The fourth-order valence-corrected chi connectivity index (χ4v) is 10.5. The fourth-order valence-electron chi connectivity index (χ4n) is 10.5. The molecule has 0 amide bonds. The molecule has 0 radical (unpaired) electrons. The van der Waals surface area contributed by atoms with E-state index in [-0.39, 0.29) is 45.1 Å². The minimum Gasteiger partial charge on any atom is -0.504 e. The highest BCUT2D eigenvalue weighted by Crippen LogP contribution is 2.50. The Hall–Kier alpha value is -5.76. The van der Waals surface area contributed by atoms with Crippen LogP contribution in [0.1, 0.15) is 184 Å². The Kier molecular flexibility index (Phi) is 14.3. The van der Waals surface area contributed by atoms with Gasteiger partial charge < -0.3 is 30.7 Å². The van der Waals surface area contributed by atoms with Gasteiger partial charge in [-0.1, -0.05) is 102 Å². The molecule has 3 aliphatic rings. The van der Waals surface area contributed by atoms with Gasteiger partial charge in [0.05, 0.1) is 27.9 Å². The minimum absolute atomic E-state index is 0.00493. The highest BCUT2D eigenvalue weighted by Gasteiger charge is 2.41. The van der Waals surface area contributed by atoms with Crippen LogP contribution in [0.2, 0.25) is 0 Å². The van der Waals surface area contributed by atoms with Crippen molar-refractivity contribution in [1.29, 1.82) is 0 Å². The molecule has 0 aliphatic heterocycles. The topological polar surface area (TPSA) is 131 Å². The number of anilines is 3. The number of ether oxygens (including phenoxy) is 2. The van der Waals surface area contributed by atoms with Gasteiger partial charge in [-0.15, -0.1) is 0 Å². The van der Waals surface area contributed by atoms with Gasteiger partial charge >= 0.3 is 0 Å². The summed E-state index contributed by atoms with van der Waals surface area (Å²) in [4.78, 5) is 29.4. The lowest BCUT2D eigenvalue weighted by molar-refractivity contribution is 0.0974. The smallest absolute Gasteiger partial charge is 0.200 e. The number of ketones is 2. The number of aryl methyl sites for hydroxylation is 1. The lowest BCUT2D eigenvalue weighted by atomic mass is 9.77. The second kappa shape index (κ2) is 20.4. The molecule has 336 valence electrons.